The molecule has 0 radical (unpaired) electrons. The van der Waals surface area contributed by atoms with E-state index < -0.39 is 97.5 Å². The van der Waals surface area contributed by atoms with Gasteiger partial charge in [-0.2, -0.15) is 0 Å². The van der Waals surface area contributed by atoms with Crippen LogP contribution in [-0.4, -0.2) is 96.7 Å². The van der Waals surface area contributed by atoms with Gasteiger partial charge in [-0.3, -0.25) is 37.3 Å². The minimum absolute atomic E-state index is 0.109. The Morgan fingerprint density at radius 2 is 0.442 bits per heavy atom. The Bertz CT molecular complexity index is 1980. The fraction of sp³-hybridized carbons (Fsp3) is 0.953. The first-order valence-corrected chi connectivity index (χ1v) is 47.1. The van der Waals surface area contributed by atoms with E-state index in [0.29, 0.717) is 25.7 Å². The van der Waals surface area contributed by atoms with E-state index in [0.717, 1.165) is 95.8 Å². The van der Waals surface area contributed by atoms with Crippen LogP contribution in [0, 0.1) is 5.92 Å². The number of aliphatic hydroxyl groups is 1. The topological polar surface area (TPSA) is 237 Å². The summed E-state index contributed by atoms with van der Waals surface area (Å²) in [6.45, 7) is 7.38. The van der Waals surface area contributed by atoms with Crippen molar-refractivity contribution in [1.82, 2.24) is 0 Å². The van der Waals surface area contributed by atoms with Gasteiger partial charge in [0.25, 0.3) is 0 Å². The Balaban J connectivity index is 5.22. The predicted molar refractivity (Wildman–Crippen MR) is 428 cm³/mol. The van der Waals surface area contributed by atoms with Crippen LogP contribution in [0.1, 0.15) is 458 Å². The summed E-state index contributed by atoms with van der Waals surface area (Å²) < 4.78 is 68.9. The predicted octanol–water partition coefficient (Wildman–Crippen LogP) is 26.0. The molecule has 0 saturated heterocycles. The Kier molecular flexibility index (Phi) is 76.3. The van der Waals surface area contributed by atoms with Crippen molar-refractivity contribution >= 4 is 39.5 Å². The van der Waals surface area contributed by atoms with Gasteiger partial charge in [0.05, 0.1) is 26.4 Å². The first kappa shape index (κ1) is 102. The lowest BCUT2D eigenvalue weighted by Gasteiger charge is -2.21. The maximum absolute atomic E-state index is 13.1. The maximum atomic E-state index is 13.1. The average Bonchev–Trinajstić information content (AvgIpc) is 0.902. The number of aliphatic hydroxyl groups excluding tert-OH is 1. The number of carbonyl (C=O) groups is 4. The summed E-state index contributed by atoms with van der Waals surface area (Å²) in [7, 11) is -9.92. The van der Waals surface area contributed by atoms with Crippen molar-refractivity contribution in [1.29, 1.82) is 0 Å². The third-order valence-corrected chi connectivity index (χ3v) is 21.9. The standard InChI is InChI=1S/C85H166O17P2/c1-6-9-12-15-18-21-24-26-28-29-30-31-32-33-34-35-41-46-51-56-61-66-71-85(90)102-81(75-96-83(88)69-64-59-54-49-44-40-37-36-38-43-47-52-57-62-67-78(4)5)77-100-104(93,94)98-73-79(86)72-97-103(91,92)99-76-80(74-95-82(87)68-63-58-53-48-42-23-20-17-14-11-8-3)101-84(89)70-65-60-55-50-45-39-27-25-22-19-16-13-10-7-2/h78-81,86H,6-77H2,1-5H3,(H,91,92)(H,93,94)/t79-,80+,81+/m0/s1. The van der Waals surface area contributed by atoms with Gasteiger partial charge in [-0.05, 0) is 31.6 Å². The largest absolute Gasteiger partial charge is 0.472 e. The van der Waals surface area contributed by atoms with Crippen LogP contribution in [0.25, 0.3) is 0 Å². The summed E-state index contributed by atoms with van der Waals surface area (Å²) in [5.74, 6) is -1.30. The molecule has 0 fully saturated rings. The Morgan fingerprint density at radius 3 is 0.654 bits per heavy atom. The van der Waals surface area contributed by atoms with Crippen molar-refractivity contribution < 1.29 is 80.2 Å². The van der Waals surface area contributed by atoms with Crippen LogP contribution in [0.3, 0.4) is 0 Å². The molecule has 0 heterocycles. The van der Waals surface area contributed by atoms with E-state index in [2.05, 4.69) is 34.6 Å². The maximum Gasteiger partial charge on any atom is 0.472 e. The van der Waals surface area contributed by atoms with Crippen LogP contribution < -0.4 is 0 Å². The van der Waals surface area contributed by atoms with Gasteiger partial charge in [-0.25, -0.2) is 9.13 Å². The second kappa shape index (κ2) is 77.8. The zero-order valence-electron chi connectivity index (χ0n) is 68.2. The Hall–Kier alpha value is -1.94. The van der Waals surface area contributed by atoms with E-state index in [-0.39, 0.29) is 25.7 Å². The molecule has 0 saturated carbocycles. The SMILES string of the molecule is CCCCCCCCCCCCCCCCCCCCCCCCC(=O)O[C@H](COC(=O)CCCCCCCCCCCCCCCCC(C)C)COP(=O)(O)OC[C@@H](O)COP(=O)(O)OC[C@@H](COC(=O)CCCCCCCCCCCCC)OC(=O)CCCCCCCCCCCCCCCC. The summed E-state index contributed by atoms with van der Waals surface area (Å²) in [6.07, 6.45) is 70.8. The Labute approximate surface area is 638 Å². The van der Waals surface area contributed by atoms with Gasteiger partial charge in [-0.1, -0.05) is 407 Å². The summed E-state index contributed by atoms with van der Waals surface area (Å²) in [6, 6.07) is 0. The minimum Gasteiger partial charge on any atom is -0.462 e. The highest BCUT2D eigenvalue weighted by Crippen LogP contribution is 2.45. The third kappa shape index (κ3) is 78.2. The number of hydrogen-bond acceptors (Lipinski definition) is 15. The molecule has 2 unspecified atom stereocenters. The molecule has 0 amide bonds. The smallest absolute Gasteiger partial charge is 0.462 e. The molecular weight excluding hydrogens is 1350 g/mol. The van der Waals surface area contributed by atoms with Crippen LogP contribution >= 0.6 is 15.6 Å². The third-order valence-electron chi connectivity index (χ3n) is 20.0. The number of esters is 4. The molecular formula is C85H166O17P2. The summed E-state index contributed by atoms with van der Waals surface area (Å²) in [4.78, 5) is 73.2. The number of rotatable bonds is 85. The van der Waals surface area contributed by atoms with Crippen molar-refractivity contribution in [2.45, 2.75) is 477 Å². The van der Waals surface area contributed by atoms with E-state index in [4.69, 9.17) is 37.0 Å². The second-order valence-corrected chi connectivity index (χ2v) is 34.0. The van der Waals surface area contributed by atoms with Crippen LogP contribution in [0.4, 0.5) is 0 Å². The van der Waals surface area contributed by atoms with Crippen LogP contribution in [0.5, 0.6) is 0 Å². The summed E-state index contributed by atoms with van der Waals surface area (Å²) in [5, 5.41) is 10.7. The van der Waals surface area contributed by atoms with Gasteiger partial charge < -0.3 is 33.8 Å². The first-order chi connectivity index (χ1) is 50.5. The molecule has 19 heteroatoms. The molecule has 0 aromatic heterocycles. The zero-order chi connectivity index (χ0) is 76.2. The van der Waals surface area contributed by atoms with E-state index in [1.165, 1.54) is 283 Å². The molecule has 0 aliphatic carbocycles. The van der Waals surface area contributed by atoms with Gasteiger partial charge in [0.15, 0.2) is 12.2 Å². The van der Waals surface area contributed by atoms with Gasteiger partial charge in [0, 0.05) is 25.7 Å². The van der Waals surface area contributed by atoms with Crippen molar-refractivity contribution in [3.05, 3.63) is 0 Å². The monoisotopic (exact) mass is 1520 g/mol. The zero-order valence-corrected chi connectivity index (χ0v) is 70.0. The molecule has 0 rings (SSSR count). The van der Waals surface area contributed by atoms with Crippen molar-refractivity contribution in [2.24, 2.45) is 5.92 Å². The number of ether oxygens (including phenoxy) is 4. The van der Waals surface area contributed by atoms with Gasteiger partial charge in [0.1, 0.15) is 19.3 Å². The normalized spacial score (nSPS) is 13.8. The number of phosphoric acid groups is 2. The minimum atomic E-state index is -4.96. The molecule has 104 heavy (non-hydrogen) atoms. The van der Waals surface area contributed by atoms with E-state index in [9.17, 15) is 43.2 Å². The molecule has 0 bridgehead atoms. The lowest BCUT2D eigenvalue weighted by Crippen LogP contribution is -2.30. The van der Waals surface area contributed by atoms with Crippen molar-refractivity contribution in [2.75, 3.05) is 39.6 Å². The van der Waals surface area contributed by atoms with Crippen LogP contribution in [0.15, 0.2) is 0 Å². The number of phosphoric ester groups is 2. The van der Waals surface area contributed by atoms with Crippen molar-refractivity contribution in [3.8, 4) is 0 Å². The molecule has 5 atom stereocenters. The quantitative estimate of drug-likeness (QED) is 0.0222. The fourth-order valence-corrected chi connectivity index (χ4v) is 14.9. The van der Waals surface area contributed by atoms with E-state index in [1.807, 2.05) is 0 Å². The summed E-state index contributed by atoms with van der Waals surface area (Å²) in [5.41, 5.74) is 0. The van der Waals surface area contributed by atoms with Crippen LogP contribution in [-0.2, 0) is 65.4 Å². The highest BCUT2D eigenvalue weighted by molar-refractivity contribution is 7.47. The first-order valence-electron chi connectivity index (χ1n) is 44.1. The molecule has 0 aromatic carbocycles. The van der Waals surface area contributed by atoms with Gasteiger partial charge in [-0.15, -0.1) is 0 Å². The summed E-state index contributed by atoms with van der Waals surface area (Å²) >= 11 is 0. The Morgan fingerprint density at radius 1 is 0.260 bits per heavy atom. The average molecular weight is 1520 g/mol. The molecule has 0 aliphatic rings. The highest BCUT2D eigenvalue weighted by atomic mass is 31.2. The molecule has 3 N–H and O–H groups in total. The molecule has 0 aliphatic heterocycles. The fourth-order valence-electron chi connectivity index (χ4n) is 13.3. The lowest BCUT2D eigenvalue weighted by atomic mass is 10.0. The molecule has 0 spiro atoms. The van der Waals surface area contributed by atoms with E-state index >= 15 is 0 Å². The van der Waals surface area contributed by atoms with Gasteiger partial charge in [0.2, 0.25) is 0 Å². The highest BCUT2D eigenvalue weighted by Gasteiger charge is 2.30. The van der Waals surface area contributed by atoms with Crippen molar-refractivity contribution in [3.63, 3.8) is 0 Å². The second-order valence-electron chi connectivity index (χ2n) is 31.1. The van der Waals surface area contributed by atoms with Gasteiger partial charge >= 0.3 is 39.5 Å². The number of hydrogen-bond donors (Lipinski definition) is 3. The molecule has 0 aromatic rings. The number of carbonyl (C=O) groups excluding carboxylic acids is 4. The van der Waals surface area contributed by atoms with E-state index in [1.54, 1.807) is 0 Å². The molecule has 17 nitrogen and oxygen atoms in total. The number of unbranched alkanes of at least 4 members (excludes halogenated alkanes) is 57. The van der Waals surface area contributed by atoms with Crippen LogP contribution in [0.2, 0.25) is 0 Å². The molecule has 618 valence electrons. The lowest BCUT2D eigenvalue weighted by molar-refractivity contribution is -0.161.